The zero-order chi connectivity index (χ0) is 21.5. The molecular weight excluding hydrogens is 424 g/mol. The van der Waals surface area contributed by atoms with Gasteiger partial charge in [0.2, 0.25) is 0 Å². The first-order valence-corrected chi connectivity index (χ1v) is 10.7. The summed E-state index contributed by atoms with van der Waals surface area (Å²) in [5.41, 5.74) is 1.80. The first kappa shape index (κ1) is 21.9. The van der Waals surface area contributed by atoms with Crippen LogP contribution in [0.5, 0.6) is 0 Å². The molecule has 0 saturated carbocycles. The van der Waals surface area contributed by atoms with E-state index in [1.807, 2.05) is 13.0 Å². The molecule has 1 heterocycles. The molecule has 1 fully saturated rings. The number of thioether (sulfide) groups is 1. The van der Waals surface area contributed by atoms with Crippen LogP contribution < -0.4 is 5.32 Å². The molecule has 2 aromatic rings. The standard InChI is InChI=1S/C22H21ClN2O4S/c1-2-3-12-29-21(27)15-8-10-17(11-9-15)24-14-25-20(26)19(30-22(25)28)13-16-6-4-5-7-18(16)23/h4-11,13,24H,2-3,12,14H2,1H3/b19-13+. The van der Waals surface area contributed by atoms with Crippen LogP contribution in [0.4, 0.5) is 10.5 Å². The molecule has 1 N–H and O–H groups in total. The van der Waals surface area contributed by atoms with Crippen LogP contribution in [0.15, 0.2) is 53.4 Å². The quantitative estimate of drug-likeness (QED) is 0.333. The number of carbonyl (C=O) groups excluding carboxylic acids is 3. The number of anilines is 1. The Balaban J connectivity index is 1.59. The average molecular weight is 445 g/mol. The van der Waals surface area contributed by atoms with Gasteiger partial charge in [-0.15, -0.1) is 0 Å². The highest BCUT2D eigenvalue weighted by Crippen LogP contribution is 2.33. The number of imide groups is 1. The molecular formula is C22H21ClN2O4S. The second kappa shape index (κ2) is 10.3. The number of hydrogen-bond donors (Lipinski definition) is 1. The van der Waals surface area contributed by atoms with E-state index in [1.54, 1.807) is 48.5 Å². The number of ether oxygens (including phenoxy) is 1. The molecule has 1 aliphatic heterocycles. The molecule has 1 saturated heterocycles. The molecule has 0 radical (unpaired) electrons. The van der Waals surface area contributed by atoms with Gasteiger partial charge >= 0.3 is 5.97 Å². The molecule has 8 heteroatoms. The van der Waals surface area contributed by atoms with Crippen molar-refractivity contribution in [3.05, 3.63) is 69.6 Å². The summed E-state index contributed by atoms with van der Waals surface area (Å²) >= 11 is 7.00. The summed E-state index contributed by atoms with van der Waals surface area (Å²) in [6.45, 7) is 2.44. The van der Waals surface area contributed by atoms with E-state index in [9.17, 15) is 14.4 Å². The lowest BCUT2D eigenvalue weighted by molar-refractivity contribution is -0.122. The number of nitrogens with zero attached hydrogens (tertiary/aromatic N) is 1. The SMILES string of the molecule is CCCCOC(=O)c1ccc(NCN2C(=O)S/C(=C/c3ccccc3Cl)C2=O)cc1. The predicted molar refractivity (Wildman–Crippen MR) is 119 cm³/mol. The van der Waals surface area contributed by atoms with Gasteiger partial charge in [0.05, 0.1) is 23.7 Å². The Labute approximate surface area is 184 Å². The van der Waals surface area contributed by atoms with Gasteiger partial charge in [-0.05, 0) is 60.2 Å². The average Bonchev–Trinajstić information content (AvgIpc) is 3.01. The van der Waals surface area contributed by atoms with E-state index in [0.29, 0.717) is 33.3 Å². The van der Waals surface area contributed by atoms with Gasteiger partial charge in [0, 0.05) is 10.7 Å². The maximum Gasteiger partial charge on any atom is 0.338 e. The highest BCUT2D eigenvalue weighted by Gasteiger charge is 2.34. The van der Waals surface area contributed by atoms with Crippen LogP contribution in [0.2, 0.25) is 5.02 Å². The van der Waals surface area contributed by atoms with Crippen molar-refractivity contribution in [3.8, 4) is 0 Å². The molecule has 6 nitrogen and oxygen atoms in total. The van der Waals surface area contributed by atoms with Crippen molar-refractivity contribution >= 4 is 52.2 Å². The largest absolute Gasteiger partial charge is 0.462 e. The summed E-state index contributed by atoms with van der Waals surface area (Å²) in [6, 6.07) is 13.8. The van der Waals surface area contributed by atoms with Crippen molar-refractivity contribution in [2.75, 3.05) is 18.6 Å². The maximum atomic E-state index is 12.6. The van der Waals surface area contributed by atoms with Gasteiger partial charge < -0.3 is 10.1 Å². The highest BCUT2D eigenvalue weighted by molar-refractivity contribution is 8.18. The number of benzene rings is 2. The van der Waals surface area contributed by atoms with Crippen molar-refractivity contribution in [1.82, 2.24) is 4.90 Å². The number of esters is 1. The Hall–Kier alpha value is -2.77. The topological polar surface area (TPSA) is 75.7 Å². The molecule has 0 unspecified atom stereocenters. The van der Waals surface area contributed by atoms with Crippen LogP contribution in [0.1, 0.15) is 35.7 Å². The highest BCUT2D eigenvalue weighted by atomic mass is 35.5. The molecule has 2 aromatic carbocycles. The fourth-order valence-electron chi connectivity index (χ4n) is 2.66. The lowest BCUT2D eigenvalue weighted by Crippen LogP contribution is -2.33. The zero-order valence-corrected chi connectivity index (χ0v) is 18.0. The van der Waals surface area contributed by atoms with Crippen LogP contribution in [-0.2, 0) is 9.53 Å². The Kier molecular flexibility index (Phi) is 7.54. The van der Waals surface area contributed by atoms with Crippen molar-refractivity contribution in [3.63, 3.8) is 0 Å². The summed E-state index contributed by atoms with van der Waals surface area (Å²) in [4.78, 5) is 38.2. The van der Waals surface area contributed by atoms with Gasteiger partial charge in [-0.2, -0.15) is 0 Å². The van der Waals surface area contributed by atoms with Gasteiger partial charge in [0.25, 0.3) is 11.1 Å². The predicted octanol–water partition coefficient (Wildman–Crippen LogP) is 5.40. The normalized spacial score (nSPS) is 15.0. The summed E-state index contributed by atoms with van der Waals surface area (Å²) in [7, 11) is 0. The van der Waals surface area contributed by atoms with Crippen LogP contribution >= 0.6 is 23.4 Å². The molecule has 0 aliphatic carbocycles. The molecule has 0 bridgehead atoms. The second-order valence-corrected chi connectivity index (χ2v) is 7.93. The molecule has 156 valence electrons. The number of hydrogen-bond acceptors (Lipinski definition) is 6. The lowest BCUT2D eigenvalue weighted by Gasteiger charge is -2.14. The molecule has 0 atom stereocenters. The van der Waals surface area contributed by atoms with E-state index >= 15 is 0 Å². The van der Waals surface area contributed by atoms with Crippen LogP contribution in [-0.4, -0.2) is 35.3 Å². The fraction of sp³-hybridized carbons (Fsp3) is 0.227. The lowest BCUT2D eigenvalue weighted by atomic mass is 10.2. The minimum atomic E-state index is -0.381. The Bertz CT molecular complexity index is 975. The summed E-state index contributed by atoms with van der Waals surface area (Å²) < 4.78 is 5.17. The van der Waals surface area contributed by atoms with Gasteiger partial charge in [0.1, 0.15) is 0 Å². The first-order chi connectivity index (χ1) is 14.5. The van der Waals surface area contributed by atoms with Crippen molar-refractivity contribution < 1.29 is 19.1 Å². The van der Waals surface area contributed by atoms with E-state index in [1.165, 1.54) is 0 Å². The number of nitrogens with one attached hydrogen (secondary N) is 1. The van der Waals surface area contributed by atoms with Crippen molar-refractivity contribution in [2.24, 2.45) is 0 Å². The zero-order valence-electron chi connectivity index (χ0n) is 16.4. The van der Waals surface area contributed by atoms with E-state index < -0.39 is 0 Å². The smallest absolute Gasteiger partial charge is 0.338 e. The summed E-state index contributed by atoms with van der Waals surface area (Å²) in [5.74, 6) is -0.751. The maximum absolute atomic E-state index is 12.6. The monoisotopic (exact) mass is 444 g/mol. The summed E-state index contributed by atoms with van der Waals surface area (Å²) in [5, 5.41) is 3.18. The van der Waals surface area contributed by atoms with E-state index in [0.717, 1.165) is 29.5 Å². The molecule has 0 spiro atoms. The number of halogens is 1. The number of rotatable bonds is 8. The first-order valence-electron chi connectivity index (χ1n) is 9.50. The molecule has 3 rings (SSSR count). The molecule has 30 heavy (non-hydrogen) atoms. The van der Waals surface area contributed by atoms with Gasteiger partial charge in [-0.3, -0.25) is 14.5 Å². The van der Waals surface area contributed by atoms with Crippen molar-refractivity contribution in [2.45, 2.75) is 19.8 Å². The Morgan fingerprint density at radius 3 is 2.60 bits per heavy atom. The molecule has 0 aromatic heterocycles. The van der Waals surface area contributed by atoms with E-state index in [4.69, 9.17) is 16.3 Å². The van der Waals surface area contributed by atoms with Crippen LogP contribution in [0, 0.1) is 0 Å². The van der Waals surface area contributed by atoms with Gasteiger partial charge in [-0.1, -0.05) is 43.1 Å². The van der Waals surface area contributed by atoms with E-state index in [-0.39, 0.29) is 23.8 Å². The third-order valence-electron chi connectivity index (χ3n) is 4.36. The second-order valence-electron chi connectivity index (χ2n) is 6.53. The van der Waals surface area contributed by atoms with Gasteiger partial charge in [-0.25, -0.2) is 4.79 Å². The number of unbranched alkanes of at least 4 members (excludes halogenated alkanes) is 1. The molecule has 1 aliphatic rings. The third-order valence-corrected chi connectivity index (χ3v) is 5.61. The third kappa shape index (κ3) is 5.43. The fourth-order valence-corrected chi connectivity index (χ4v) is 3.68. The minimum absolute atomic E-state index is 0.0187. The Morgan fingerprint density at radius 2 is 1.90 bits per heavy atom. The van der Waals surface area contributed by atoms with E-state index in [2.05, 4.69) is 5.32 Å². The summed E-state index contributed by atoms with van der Waals surface area (Å²) in [6.07, 6.45) is 3.40. The Morgan fingerprint density at radius 1 is 1.17 bits per heavy atom. The van der Waals surface area contributed by atoms with Crippen LogP contribution in [0.25, 0.3) is 6.08 Å². The van der Waals surface area contributed by atoms with Crippen molar-refractivity contribution in [1.29, 1.82) is 0 Å². The van der Waals surface area contributed by atoms with Gasteiger partial charge in [0.15, 0.2) is 0 Å². The molecule has 2 amide bonds. The van der Waals surface area contributed by atoms with Crippen LogP contribution in [0.3, 0.4) is 0 Å². The minimum Gasteiger partial charge on any atom is -0.462 e. The number of amides is 2. The number of carbonyl (C=O) groups is 3.